The van der Waals surface area contributed by atoms with E-state index in [1.807, 2.05) is 18.2 Å². The topological polar surface area (TPSA) is 117 Å². The van der Waals surface area contributed by atoms with Crippen LogP contribution in [-0.2, 0) is 10.0 Å². The molecule has 1 aromatic carbocycles. The summed E-state index contributed by atoms with van der Waals surface area (Å²) in [6, 6.07) is 7.56. The zero-order chi connectivity index (χ0) is 22.3. The molecule has 1 aliphatic carbocycles. The van der Waals surface area contributed by atoms with E-state index in [1.54, 1.807) is 24.3 Å². The summed E-state index contributed by atoms with van der Waals surface area (Å²) in [5.41, 5.74) is 2.26. The van der Waals surface area contributed by atoms with Crippen molar-refractivity contribution in [3.05, 3.63) is 35.7 Å². The molecule has 1 saturated heterocycles. The van der Waals surface area contributed by atoms with E-state index in [9.17, 15) is 13.2 Å². The zero-order valence-electron chi connectivity index (χ0n) is 17.7. The lowest BCUT2D eigenvalue weighted by Crippen LogP contribution is -2.28. The molecule has 2 aromatic heterocycles. The molecular formula is C21H25N5O4S2. The summed E-state index contributed by atoms with van der Waals surface area (Å²) >= 11 is 1.54. The molecule has 5 rings (SSSR count). The summed E-state index contributed by atoms with van der Waals surface area (Å²) in [5, 5.41) is 11.0. The first-order valence-corrected chi connectivity index (χ1v) is 13.2. The first-order valence-electron chi connectivity index (χ1n) is 10.8. The predicted octanol–water partition coefficient (Wildman–Crippen LogP) is 3.14. The average molecular weight is 476 g/mol. The monoisotopic (exact) mass is 475 g/mol. The summed E-state index contributed by atoms with van der Waals surface area (Å²) in [6.45, 7) is 2.92. The van der Waals surface area contributed by atoms with E-state index in [-0.39, 0.29) is 17.4 Å². The first kappa shape index (κ1) is 21.2. The predicted molar refractivity (Wildman–Crippen MR) is 124 cm³/mol. The van der Waals surface area contributed by atoms with Gasteiger partial charge >= 0.3 is 0 Å². The number of aromatic nitrogens is 2. The number of thiazole rings is 1. The zero-order valence-corrected chi connectivity index (χ0v) is 19.3. The summed E-state index contributed by atoms with van der Waals surface area (Å²) in [5.74, 6) is 0.610. The molecule has 2 atom stereocenters. The van der Waals surface area contributed by atoms with Crippen LogP contribution in [-0.4, -0.2) is 49.3 Å². The molecule has 2 fully saturated rings. The SMILES string of the molecule is Cc1cc(C(=O)NC[C@@H]2CC[C@H](Nc3nc4ccc(N5CCCS5(=O)=O)cc4s3)C2)on1. The van der Waals surface area contributed by atoms with Gasteiger partial charge in [-0.25, -0.2) is 13.4 Å². The number of aryl methyl sites for hydroxylation is 1. The van der Waals surface area contributed by atoms with Crippen LogP contribution in [0.25, 0.3) is 10.2 Å². The molecule has 170 valence electrons. The molecule has 0 radical (unpaired) electrons. The number of hydrogen-bond acceptors (Lipinski definition) is 8. The number of nitrogens with zero attached hydrogens (tertiary/aromatic N) is 3. The van der Waals surface area contributed by atoms with E-state index in [1.165, 1.54) is 4.31 Å². The van der Waals surface area contributed by atoms with Crippen LogP contribution in [0.1, 0.15) is 41.9 Å². The number of carbonyl (C=O) groups excluding carboxylic acids is 1. The second-order valence-electron chi connectivity index (χ2n) is 8.48. The van der Waals surface area contributed by atoms with Crippen molar-refractivity contribution in [2.24, 2.45) is 5.92 Å². The van der Waals surface area contributed by atoms with Gasteiger partial charge in [-0.05, 0) is 56.7 Å². The third-order valence-corrected chi connectivity index (χ3v) is 8.85. The third kappa shape index (κ3) is 4.31. The lowest BCUT2D eigenvalue weighted by atomic mass is 10.1. The van der Waals surface area contributed by atoms with Gasteiger partial charge in [0.25, 0.3) is 5.91 Å². The van der Waals surface area contributed by atoms with Gasteiger partial charge in [-0.2, -0.15) is 0 Å². The Morgan fingerprint density at radius 1 is 1.31 bits per heavy atom. The minimum absolute atomic E-state index is 0.210. The Balaban J connectivity index is 1.18. The highest BCUT2D eigenvalue weighted by Crippen LogP contribution is 2.34. The highest BCUT2D eigenvalue weighted by Gasteiger charge is 2.29. The highest BCUT2D eigenvalue weighted by molar-refractivity contribution is 7.93. The second-order valence-corrected chi connectivity index (χ2v) is 11.5. The molecule has 3 heterocycles. The van der Waals surface area contributed by atoms with E-state index in [0.717, 1.165) is 34.6 Å². The summed E-state index contributed by atoms with van der Waals surface area (Å²) in [4.78, 5) is 16.8. The van der Waals surface area contributed by atoms with Crippen LogP contribution in [0.5, 0.6) is 0 Å². The van der Waals surface area contributed by atoms with E-state index >= 15 is 0 Å². The van der Waals surface area contributed by atoms with Gasteiger partial charge in [0.1, 0.15) is 0 Å². The molecule has 1 amide bonds. The van der Waals surface area contributed by atoms with Gasteiger partial charge in [0.05, 0.1) is 27.4 Å². The number of anilines is 2. The number of nitrogens with one attached hydrogen (secondary N) is 2. The fraction of sp³-hybridized carbons (Fsp3) is 0.476. The van der Waals surface area contributed by atoms with Gasteiger partial charge in [-0.15, -0.1) is 0 Å². The van der Waals surface area contributed by atoms with Gasteiger partial charge in [0, 0.05) is 25.2 Å². The maximum Gasteiger partial charge on any atom is 0.289 e. The molecule has 9 nitrogen and oxygen atoms in total. The third-order valence-electron chi connectivity index (χ3n) is 6.03. The molecular weight excluding hydrogens is 450 g/mol. The van der Waals surface area contributed by atoms with Crippen LogP contribution < -0.4 is 14.9 Å². The van der Waals surface area contributed by atoms with Gasteiger partial charge in [0.2, 0.25) is 15.8 Å². The normalized spacial score (nSPS) is 22.5. The number of sulfonamides is 1. The van der Waals surface area contributed by atoms with Gasteiger partial charge in [-0.1, -0.05) is 16.5 Å². The molecule has 1 aliphatic heterocycles. The van der Waals surface area contributed by atoms with Crippen LogP contribution in [0.4, 0.5) is 10.8 Å². The largest absolute Gasteiger partial charge is 0.359 e. The Morgan fingerprint density at radius 3 is 2.94 bits per heavy atom. The smallest absolute Gasteiger partial charge is 0.289 e. The van der Waals surface area contributed by atoms with Gasteiger partial charge in [-0.3, -0.25) is 9.10 Å². The average Bonchev–Trinajstić information content (AvgIpc) is 3.52. The van der Waals surface area contributed by atoms with Gasteiger partial charge in [0.15, 0.2) is 5.13 Å². The highest BCUT2D eigenvalue weighted by atomic mass is 32.2. The van der Waals surface area contributed by atoms with E-state index < -0.39 is 10.0 Å². The van der Waals surface area contributed by atoms with Crippen LogP contribution in [0.15, 0.2) is 28.8 Å². The summed E-state index contributed by atoms with van der Waals surface area (Å²) in [6.07, 6.45) is 3.64. The van der Waals surface area contributed by atoms with E-state index in [2.05, 4.69) is 20.8 Å². The second kappa shape index (κ2) is 8.36. The van der Waals surface area contributed by atoms with E-state index in [0.29, 0.717) is 42.9 Å². The van der Waals surface area contributed by atoms with Crippen LogP contribution in [0.2, 0.25) is 0 Å². The molecule has 2 N–H and O–H groups in total. The van der Waals surface area contributed by atoms with Crippen molar-refractivity contribution < 1.29 is 17.7 Å². The Hall–Kier alpha value is -2.66. The van der Waals surface area contributed by atoms with Crippen molar-refractivity contribution in [3.63, 3.8) is 0 Å². The maximum absolute atomic E-state index is 12.2. The van der Waals surface area contributed by atoms with Crippen molar-refractivity contribution in [1.82, 2.24) is 15.5 Å². The molecule has 2 aliphatic rings. The Morgan fingerprint density at radius 2 is 2.19 bits per heavy atom. The Bertz CT molecular complexity index is 1250. The Labute approximate surface area is 190 Å². The molecule has 0 unspecified atom stereocenters. The number of amides is 1. The first-order chi connectivity index (χ1) is 15.4. The molecule has 0 bridgehead atoms. The Kier molecular flexibility index (Phi) is 5.54. The van der Waals surface area contributed by atoms with Crippen LogP contribution >= 0.6 is 11.3 Å². The fourth-order valence-corrected chi connectivity index (χ4v) is 6.95. The fourth-order valence-electron chi connectivity index (χ4n) is 4.42. The number of fused-ring (bicyclic) bond motifs is 1. The maximum atomic E-state index is 12.2. The minimum Gasteiger partial charge on any atom is -0.359 e. The van der Waals surface area contributed by atoms with Crippen LogP contribution in [0.3, 0.4) is 0 Å². The molecule has 0 spiro atoms. The summed E-state index contributed by atoms with van der Waals surface area (Å²) in [7, 11) is -3.19. The number of rotatable bonds is 6. The number of carbonyl (C=O) groups is 1. The van der Waals surface area contributed by atoms with Crippen molar-refractivity contribution in [2.75, 3.05) is 28.5 Å². The van der Waals surface area contributed by atoms with Crippen molar-refractivity contribution in [2.45, 2.75) is 38.6 Å². The molecule has 1 saturated carbocycles. The van der Waals surface area contributed by atoms with Crippen molar-refractivity contribution in [1.29, 1.82) is 0 Å². The summed E-state index contributed by atoms with van der Waals surface area (Å²) < 4.78 is 31.9. The molecule has 3 aromatic rings. The molecule has 32 heavy (non-hydrogen) atoms. The number of benzene rings is 1. The lowest BCUT2D eigenvalue weighted by Gasteiger charge is -2.16. The van der Waals surface area contributed by atoms with Crippen LogP contribution in [0, 0.1) is 12.8 Å². The van der Waals surface area contributed by atoms with Crippen molar-refractivity contribution in [3.8, 4) is 0 Å². The molecule has 11 heteroatoms. The van der Waals surface area contributed by atoms with Gasteiger partial charge < -0.3 is 15.2 Å². The van der Waals surface area contributed by atoms with Crippen molar-refractivity contribution >= 4 is 48.3 Å². The lowest BCUT2D eigenvalue weighted by molar-refractivity contribution is 0.0910. The number of hydrogen-bond donors (Lipinski definition) is 2. The van der Waals surface area contributed by atoms with E-state index in [4.69, 9.17) is 4.52 Å². The quantitative estimate of drug-likeness (QED) is 0.562. The standard InChI is InChI=1S/C21H25N5O4S2/c1-13-9-18(30-25-13)20(27)22-12-14-3-4-15(10-14)23-21-24-17-6-5-16(11-19(17)31-21)26-7-2-8-32(26,28)29/h5-6,9,11,14-15H,2-4,7-8,10,12H2,1H3,(H,22,27)(H,23,24)/t14-,15+/m1/s1. The minimum atomic E-state index is -3.19.